The van der Waals surface area contributed by atoms with Crippen LogP contribution in [-0.2, 0) is 21.5 Å². The summed E-state index contributed by atoms with van der Waals surface area (Å²) in [5, 5.41) is 3.04. The summed E-state index contributed by atoms with van der Waals surface area (Å²) in [5.74, 6) is 1.45. The molecule has 0 aromatic heterocycles. The number of ether oxygens (including phenoxy) is 3. The largest absolute Gasteiger partial charge is 0.493 e. The van der Waals surface area contributed by atoms with Crippen LogP contribution in [0.3, 0.4) is 0 Å². The van der Waals surface area contributed by atoms with E-state index in [2.05, 4.69) is 19.2 Å². The number of rotatable bonds is 9. The number of halogens is 1. The second kappa shape index (κ2) is 10.6. The quantitative estimate of drug-likeness (QED) is 0.632. The monoisotopic (exact) mass is 429 g/mol. The maximum absolute atomic E-state index is 13.9. The topological polar surface area (TPSA) is 56.8 Å². The van der Waals surface area contributed by atoms with Gasteiger partial charge in [0.2, 0.25) is 5.91 Å². The van der Waals surface area contributed by atoms with E-state index in [1.807, 2.05) is 24.3 Å². The predicted molar refractivity (Wildman–Crippen MR) is 118 cm³/mol. The zero-order valence-electron chi connectivity index (χ0n) is 18.6. The molecule has 0 atom stereocenters. The summed E-state index contributed by atoms with van der Waals surface area (Å²) < 4.78 is 30.7. The van der Waals surface area contributed by atoms with Crippen LogP contribution in [0, 0.1) is 11.7 Å². The lowest BCUT2D eigenvalue weighted by molar-refractivity contribution is -0.130. The Morgan fingerprint density at radius 3 is 2.61 bits per heavy atom. The highest BCUT2D eigenvalue weighted by Gasteiger charge is 2.41. The smallest absolute Gasteiger partial charge is 0.231 e. The van der Waals surface area contributed by atoms with Crippen molar-refractivity contribution in [2.45, 2.75) is 45.1 Å². The molecule has 5 nitrogen and oxygen atoms in total. The molecule has 31 heavy (non-hydrogen) atoms. The Kier molecular flexibility index (Phi) is 7.91. The Labute approximate surface area is 183 Å². The molecule has 1 fully saturated rings. The molecule has 1 heterocycles. The highest BCUT2D eigenvalue weighted by Crippen LogP contribution is 2.36. The minimum absolute atomic E-state index is 0.113. The van der Waals surface area contributed by atoms with Crippen molar-refractivity contribution >= 4 is 5.91 Å². The lowest BCUT2D eigenvalue weighted by Crippen LogP contribution is -2.47. The summed E-state index contributed by atoms with van der Waals surface area (Å²) in [4.78, 5) is 13.3. The molecule has 3 rings (SSSR count). The van der Waals surface area contributed by atoms with Crippen molar-refractivity contribution in [2.24, 2.45) is 5.92 Å². The van der Waals surface area contributed by atoms with Gasteiger partial charge < -0.3 is 19.5 Å². The number of benzene rings is 2. The van der Waals surface area contributed by atoms with E-state index < -0.39 is 5.41 Å². The molecule has 0 spiro atoms. The van der Waals surface area contributed by atoms with Crippen LogP contribution in [0.5, 0.6) is 11.5 Å². The van der Waals surface area contributed by atoms with E-state index in [9.17, 15) is 9.18 Å². The van der Waals surface area contributed by atoms with Crippen LogP contribution in [0.15, 0.2) is 42.5 Å². The van der Waals surface area contributed by atoms with Crippen LogP contribution in [0.4, 0.5) is 4.39 Å². The zero-order chi connectivity index (χ0) is 22.3. The van der Waals surface area contributed by atoms with Crippen LogP contribution in [0.2, 0.25) is 0 Å². The van der Waals surface area contributed by atoms with Crippen molar-refractivity contribution < 1.29 is 23.4 Å². The minimum Gasteiger partial charge on any atom is -0.493 e. The Hall–Kier alpha value is -2.60. The number of nitrogens with one attached hydrogen (secondary N) is 1. The highest BCUT2D eigenvalue weighted by atomic mass is 19.1. The molecule has 1 aliphatic rings. The third-order valence-electron chi connectivity index (χ3n) is 5.79. The van der Waals surface area contributed by atoms with Gasteiger partial charge in [-0.1, -0.05) is 32.0 Å². The molecule has 1 saturated heterocycles. The summed E-state index contributed by atoms with van der Waals surface area (Å²) >= 11 is 0. The normalized spacial score (nSPS) is 15.5. The van der Waals surface area contributed by atoms with Crippen molar-refractivity contribution in [3.8, 4) is 11.5 Å². The Balaban J connectivity index is 1.70. The van der Waals surface area contributed by atoms with E-state index in [0.717, 1.165) is 12.0 Å². The first-order valence-corrected chi connectivity index (χ1v) is 10.9. The van der Waals surface area contributed by atoms with Crippen molar-refractivity contribution in [3.63, 3.8) is 0 Å². The van der Waals surface area contributed by atoms with Crippen LogP contribution in [0.25, 0.3) is 0 Å². The molecule has 1 amide bonds. The second-order valence-corrected chi connectivity index (χ2v) is 8.40. The van der Waals surface area contributed by atoms with Gasteiger partial charge in [0.1, 0.15) is 5.82 Å². The second-order valence-electron chi connectivity index (χ2n) is 8.40. The lowest BCUT2D eigenvalue weighted by atomic mass is 9.73. The number of methoxy groups -OCH3 is 1. The van der Waals surface area contributed by atoms with Crippen LogP contribution in [-0.4, -0.2) is 32.8 Å². The van der Waals surface area contributed by atoms with Gasteiger partial charge in [-0.2, -0.15) is 0 Å². The number of amides is 1. The highest BCUT2D eigenvalue weighted by molar-refractivity contribution is 5.88. The SMILES string of the molecule is COc1cc(CNC(=O)C2(c3cccc(F)c3)CCOCC2)ccc1OCCC(C)C. The van der Waals surface area contributed by atoms with E-state index in [0.29, 0.717) is 62.2 Å². The van der Waals surface area contributed by atoms with Gasteiger partial charge in [-0.25, -0.2) is 4.39 Å². The fourth-order valence-electron chi connectivity index (χ4n) is 3.85. The average Bonchev–Trinajstić information content (AvgIpc) is 2.78. The minimum atomic E-state index is -0.787. The number of carbonyl (C=O) groups is 1. The third kappa shape index (κ3) is 5.76. The summed E-state index contributed by atoms with van der Waals surface area (Å²) in [6.07, 6.45) is 2.01. The standard InChI is InChI=1S/C25H32FNO4/c1-18(2)9-12-31-22-8-7-19(15-23(22)29-3)17-27-24(28)25(10-13-30-14-11-25)20-5-4-6-21(26)16-20/h4-8,15-16,18H,9-14,17H2,1-3H3,(H,27,28). The van der Waals surface area contributed by atoms with Gasteiger partial charge in [-0.3, -0.25) is 4.79 Å². The Morgan fingerprint density at radius 1 is 1.16 bits per heavy atom. The van der Waals surface area contributed by atoms with Gasteiger partial charge in [-0.05, 0) is 60.6 Å². The molecular formula is C25H32FNO4. The third-order valence-corrected chi connectivity index (χ3v) is 5.79. The summed E-state index contributed by atoms with van der Waals surface area (Å²) in [5.41, 5.74) is 0.812. The molecular weight excluding hydrogens is 397 g/mol. The molecule has 168 valence electrons. The molecule has 0 unspecified atom stereocenters. The first kappa shape index (κ1) is 23.1. The molecule has 6 heteroatoms. The predicted octanol–water partition coefficient (Wildman–Crippen LogP) is 4.62. The van der Waals surface area contributed by atoms with Crippen LogP contribution in [0.1, 0.15) is 44.2 Å². The van der Waals surface area contributed by atoms with E-state index in [4.69, 9.17) is 14.2 Å². The summed E-state index contributed by atoms with van der Waals surface area (Å²) in [7, 11) is 1.61. The first-order valence-electron chi connectivity index (χ1n) is 10.9. The molecule has 0 bridgehead atoms. The zero-order valence-corrected chi connectivity index (χ0v) is 18.6. The van der Waals surface area contributed by atoms with Crippen LogP contribution < -0.4 is 14.8 Å². The van der Waals surface area contributed by atoms with Gasteiger partial charge >= 0.3 is 0 Å². The van der Waals surface area contributed by atoms with Gasteiger partial charge in [0.05, 0.1) is 19.1 Å². The van der Waals surface area contributed by atoms with Gasteiger partial charge in [-0.15, -0.1) is 0 Å². The maximum atomic E-state index is 13.9. The molecule has 1 aliphatic heterocycles. The van der Waals surface area contributed by atoms with E-state index in [1.165, 1.54) is 12.1 Å². The number of hydrogen-bond donors (Lipinski definition) is 1. The molecule has 1 N–H and O–H groups in total. The first-order chi connectivity index (χ1) is 14.9. The van der Waals surface area contributed by atoms with Crippen molar-refractivity contribution in [1.82, 2.24) is 5.32 Å². The van der Waals surface area contributed by atoms with E-state index in [-0.39, 0.29) is 11.7 Å². The number of hydrogen-bond acceptors (Lipinski definition) is 4. The van der Waals surface area contributed by atoms with E-state index >= 15 is 0 Å². The molecule has 0 saturated carbocycles. The molecule has 2 aromatic rings. The van der Waals surface area contributed by atoms with Gasteiger partial charge in [0.25, 0.3) is 0 Å². The molecule has 0 aliphatic carbocycles. The lowest BCUT2D eigenvalue weighted by Gasteiger charge is -2.36. The summed E-state index contributed by atoms with van der Waals surface area (Å²) in [6.45, 7) is 6.23. The molecule has 2 aromatic carbocycles. The van der Waals surface area contributed by atoms with E-state index in [1.54, 1.807) is 13.2 Å². The fraction of sp³-hybridized carbons (Fsp3) is 0.480. The average molecular weight is 430 g/mol. The van der Waals surface area contributed by atoms with Crippen LogP contribution >= 0.6 is 0 Å². The fourth-order valence-corrected chi connectivity index (χ4v) is 3.85. The summed E-state index contributed by atoms with van der Waals surface area (Å²) in [6, 6.07) is 12.0. The Morgan fingerprint density at radius 2 is 1.94 bits per heavy atom. The maximum Gasteiger partial charge on any atom is 0.231 e. The molecule has 0 radical (unpaired) electrons. The van der Waals surface area contributed by atoms with Crippen molar-refractivity contribution in [1.29, 1.82) is 0 Å². The van der Waals surface area contributed by atoms with Gasteiger partial charge in [0.15, 0.2) is 11.5 Å². The van der Waals surface area contributed by atoms with Crippen molar-refractivity contribution in [2.75, 3.05) is 26.9 Å². The van der Waals surface area contributed by atoms with Crippen molar-refractivity contribution in [3.05, 3.63) is 59.4 Å². The van der Waals surface area contributed by atoms with Gasteiger partial charge in [0, 0.05) is 19.8 Å². The number of carbonyl (C=O) groups excluding carboxylic acids is 1. The Bertz CT molecular complexity index is 878.